The molecule has 0 aliphatic rings. The summed E-state index contributed by atoms with van der Waals surface area (Å²) in [6.45, 7) is 1.24. The van der Waals surface area contributed by atoms with Gasteiger partial charge in [0.05, 0.1) is 11.4 Å². The Morgan fingerprint density at radius 2 is 2.18 bits per heavy atom. The topological polar surface area (TPSA) is 66.4 Å². The van der Waals surface area contributed by atoms with E-state index in [9.17, 15) is 8.42 Å². The number of aliphatic hydroxyl groups excluding tert-OH is 1. The van der Waals surface area contributed by atoms with Crippen LogP contribution < -0.4 is 4.72 Å². The van der Waals surface area contributed by atoms with Gasteiger partial charge in [0, 0.05) is 10.6 Å². The minimum atomic E-state index is -3.38. The Hall–Kier alpha value is -1.22. The summed E-state index contributed by atoms with van der Waals surface area (Å²) in [7, 11) is -3.38. The third-order valence-corrected chi connectivity index (χ3v) is 3.46. The molecule has 0 atom stereocenters. The Labute approximate surface area is 106 Å². The van der Waals surface area contributed by atoms with Crippen molar-refractivity contribution in [3.63, 3.8) is 0 Å². The zero-order valence-corrected chi connectivity index (χ0v) is 10.8. The number of benzene rings is 1. The van der Waals surface area contributed by atoms with Gasteiger partial charge in [0.15, 0.2) is 0 Å². The van der Waals surface area contributed by atoms with Crippen LogP contribution in [0.25, 0.3) is 0 Å². The third kappa shape index (κ3) is 4.27. The standard InChI is InChI=1S/C11H12ClNO3S/c1-2-17(15,16)13-11-8-10(12)6-5-9(11)4-3-7-14/h5-6,8,13-14H,2,7H2,1H3. The van der Waals surface area contributed by atoms with Crippen LogP contribution >= 0.6 is 11.6 Å². The van der Waals surface area contributed by atoms with Gasteiger partial charge in [0.1, 0.15) is 6.61 Å². The van der Waals surface area contributed by atoms with Crippen molar-refractivity contribution in [1.29, 1.82) is 0 Å². The van der Waals surface area contributed by atoms with Crippen molar-refractivity contribution in [1.82, 2.24) is 0 Å². The molecule has 1 aromatic rings. The van der Waals surface area contributed by atoms with Crippen molar-refractivity contribution < 1.29 is 13.5 Å². The molecule has 2 N–H and O–H groups in total. The van der Waals surface area contributed by atoms with Gasteiger partial charge in [-0.1, -0.05) is 23.4 Å². The van der Waals surface area contributed by atoms with Crippen molar-refractivity contribution in [3.05, 3.63) is 28.8 Å². The van der Waals surface area contributed by atoms with Gasteiger partial charge in [-0.25, -0.2) is 8.42 Å². The van der Waals surface area contributed by atoms with Crippen LogP contribution in [0.15, 0.2) is 18.2 Å². The van der Waals surface area contributed by atoms with Gasteiger partial charge in [-0.15, -0.1) is 0 Å². The molecule has 0 aromatic heterocycles. The highest BCUT2D eigenvalue weighted by molar-refractivity contribution is 7.92. The maximum Gasteiger partial charge on any atom is 0.232 e. The summed E-state index contributed by atoms with van der Waals surface area (Å²) in [6.07, 6.45) is 0. The van der Waals surface area contributed by atoms with Crippen LogP contribution in [0.3, 0.4) is 0 Å². The first kappa shape index (κ1) is 13.8. The van der Waals surface area contributed by atoms with E-state index in [1.165, 1.54) is 13.0 Å². The lowest BCUT2D eigenvalue weighted by Crippen LogP contribution is -2.15. The molecule has 0 amide bonds. The molecule has 17 heavy (non-hydrogen) atoms. The van der Waals surface area contributed by atoms with Crippen molar-refractivity contribution in [2.75, 3.05) is 17.1 Å². The molecule has 1 aromatic carbocycles. The number of nitrogens with one attached hydrogen (secondary N) is 1. The number of aliphatic hydroxyl groups is 1. The number of halogens is 1. The summed E-state index contributed by atoms with van der Waals surface area (Å²) in [5, 5.41) is 9.02. The SMILES string of the molecule is CCS(=O)(=O)Nc1cc(Cl)ccc1C#CCO. The molecule has 6 heteroatoms. The van der Waals surface area contributed by atoms with Crippen LogP contribution in [0.5, 0.6) is 0 Å². The summed E-state index contributed by atoms with van der Waals surface area (Å²) in [5.74, 6) is 5.07. The molecule has 92 valence electrons. The van der Waals surface area contributed by atoms with E-state index in [1.807, 2.05) is 0 Å². The summed E-state index contributed by atoms with van der Waals surface area (Å²) in [6, 6.07) is 4.68. The van der Waals surface area contributed by atoms with E-state index >= 15 is 0 Å². The lowest BCUT2D eigenvalue weighted by atomic mass is 10.2. The molecule has 0 aliphatic heterocycles. The highest BCUT2D eigenvalue weighted by Crippen LogP contribution is 2.21. The summed E-state index contributed by atoms with van der Waals surface area (Å²) in [4.78, 5) is 0. The monoisotopic (exact) mass is 273 g/mol. The van der Waals surface area contributed by atoms with Crippen LogP contribution in [0, 0.1) is 11.8 Å². The van der Waals surface area contributed by atoms with Crippen LogP contribution in [-0.4, -0.2) is 25.9 Å². The average molecular weight is 274 g/mol. The van der Waals surface area contributed by atoms with E-state index in [2.05, 4.69) is 16.6 Å². The maximum atomic E-state index is 11.5. The second-order valence-electron chi connectivity index (χ2n) is 3.16. The number of rotatable bonds is 3. The number of anilines is 1. The molecular formula is C11H12ClNO3S. The second-order valence-corrected chi connectivity index (χ2v) is 5.60. The molecule has 0 fully saturated rings. The minimum Gasteiger partial charge on any atom is -0.384 e. The third-order valence-electron chi connectivity index (χ3n) is 1.93. The molecule has 0 heterocycles. The largest absolute Gasteiger partial charge is 0.384 e. The quantitative estimate of drug-likeness (QED) is 0.819. The second kappa shape index (κ2) is 5.92. The van der Waals surface area contributed by atoms with Crippen LogP contribution in [0.1, 0.15) is 12.5 Å². The Bertz CT molecular complexity index is 558. The minimum absolute atomic E-state index is 0.0353. The van der Waals surface area contributed by atoms with Gasteiger partial charge in [0.25, 0.3) is 0 Å². The number of hydrogen-bond acceptors (Lipinski definition) is 3. The fourth-order valence-electron chi connectivity index (χ4n) is 1.08. The van der Waals surface area contributed by atoms with Crippen molar-refractivity contribution in [2.45, 2.75) is 6.92 Å². The molecule has 0 unspecified atom stereocenters. The van der Waals surface area contributed by atoms with E-state index < -0.39 is 10.0 Å². The first-order valence-electron chi connectivity index (χ1n) is 4.88. The number of sulfonamides is 1. The van der Waals surface area contributed by atoms with E-state index in [-0.39, 0.29) is 12.4 Å². The van der Waals surface area contributed by atoms with Gasteiger partial charge < -0.3 is 5.11 Å². The fourth-order valence-corrected chi connectivity index (χ4v) is 1.90. The zero-order chi connectivity index (χ0) is 12.9. The van der Waals surface area contributed by atoms with Crippen LogP contribution in [0.2, 0.25) is 5.02 Å². The normalized spacial score (nSPS) is 10.5. The average Bonchev–Trinajstić information content (AvgIpc) is 2.28. The lowest BCUT2D eigenvalue weighted by Gasteiger charge is -2.08. The van der Waals surface area contributed by atoms with E-state index in [4.69, 9.17) is 16.7 Å². The first-order valence-corrected chi connectivity index (χ1v) is 6.91. The Morgan fingerprint density at radius 3 is 2.76 bits per heavy atom. The van der Waals surface area contributed by atoms with Crippen LogP contribution in [-0.2, 0) is 10.0 Å². The van der Waals surface area contributed by atoms with E-state index in [0.717, 1.165) is 0 Å². The molecule has 0 aliphatic carbocycles. The Balaban J connectivity index is 3.16. The molecule has 0 saturated heterocycles. The van der Waals surface area contributed by atoms with E-state index in [0.29, 0.717) is 16.3 Å². The van der Waals surface area contributed by atoms with Gasteiger partial charge in [-0.05, 0) is 25.1 Å². The predicted molar refractivity (Wildman–Crippen MR) is 68.5 cm³/mol. The van der Waals surface area contributed by atoms with E-state index in [1.54, 1.807) is 12.1 Å². The highest BCUT2D eigenvalue weighted by atomic mass is 35.5. The smallest absolute Gasteiger partial charge is 0.232 e. The highest BCUT2D eigenvalue weighted by Gasteiger charge is 2.10. The summed E-state index contributed by atoms with van der Waals surface area (Å²) >= 11 is 5.79. The molecule has 0 spiro atoms. The molecule has 4 nitrogen and oxygen atoms in total. The van der Waals surface area contributed by atoms with Gasteiger partial charge >= 0.3 is 0 Å². The molecule has 0 radical (unpaired) electrons. The van der Waals surface area contributed by atoms with Crippen LogP contribution in [0.4, 0.5) is 5.69 Å². The van der Waals surface area contributed by atoms with Crippen molar-refractivity contribution in [2.24, 2.45) is 0 Å². The first-order chi connectivity index (χ1) is 7.98. The lowest BCUT2D eigenvalue weighted by molar-refractivity contribution is 0.350. The fraction of sp³-hybridized carbons (Fsp3) is 0.273. The Morgan fingerprint density at radius 1 is 1.47 bits per heavy atom. The van der Waals surface area contributed by atoms with Gasteiger partial charge in [-0.3, -0.25) is 4.72 Å². The molecular weight excluding hydrogens is 262 g/mol. The predicted octanol–water partition coefficient (Wildman–Crippen LogP) is 1.45. The van der Waals surface area contributed by atoms with Crippen molar-refractivity contribution in [3.8, 4) is 11.8 Å². The molecule has 0 saturated carbocycles. The molecule has 0 bridgehead atoms. The van der Waals surface area contributed by atoms with Gasteiger partial charge in [0.2, 0.25) is 10.0 Å². The molecule has 1 rings (SSSR count). The summed E-state index contributed by atoms with van der Waals surface area (Å²) < 4.78 is 25.3. The summed E-state index contributed by atoms with van der Waals surface area (Å²) in [5.41, 5.74) is 0.792. The number of hydrogen-bond donors (Lipinski definition) is 2. The zero-order valence-electron chi connectivity index (χ0n) is 9.20. The van der Waals surface area contributed by atoms with Crippen molar-refractivity contribution >= 4 is 27.3 Å². The van der Waals surface area contributed by atoms with Gasteiger partial charge in [-0.2, -0.15) is 0 Å². The maximum absolute atomic E-state index is 11.5. The Kier molecular flexibility index (Phi) is 4.82.